The van der Waals surface area contributed by atoms with Crippen LogP contribution in [0, 0.1) is 0 Å². The molecule has 5 heteroatoms. The second-order valence-corrected chi connectivity index (χ2v) is 5.09. The molecule has 1 atom stereocenters. The monoisotopic (exact) mass is 302 g/mol. The molecule has 0 spiro atoms. The molecule has 2 aromatic carbocycles. The number of nitrogens with two attached hydrogens (primary N) is 1. The third-order valence-corrected chi connectivity index (χ3v) is 3.69. The van der Waals surface area contributed by atoms with Gasteiger partial charge in [0.25, 0.3) is 0 Å². The predicted octanol–water partition coefficient (Wildman–Crippen LogP) is 3.65. The molecule has 0 bridgehead atoms. The summed E-state index contributed by atoms with van der Waals surface area (Å²) in [5.74, 6) is 7.17. The number of rotatable bonds is 4. The van der Waals surface area contributed by atoms with Crippen LogP contribution in [-0.4, -0.2) is 7.11 Å². The number of halogens is 1. The Hall–Kier alpha value is -2.01. The highest BCUT2D eigenvalue weighted by molar-refractivity contribution is 6.34. The first-order chi connectivity index (χ1) is 10.2. The average molecular weight is 303 g/mol. The lowest BCUT2D eigenvalue weighted by Crippen LogP contribution is -2.28. The Morgan fingerprint density at radius 3 is 2.71 bits per heavy atom. The molecule has 0 fully saturated rings. The average Bonchev–Trinajstić information content (AvgIpc) is 2.93. The van der Waals surface area contributed by atoms with Crippen LogP contribution in [-0.2, 0) is 0 Å². The van der Waals surface area contributed by atoms with Crippen LogP contribution in [0.4, 0.5) is 0 Å². The number of nitrogens with one attached hydrogen (secondary N) is 1. The fraction of sp³-hybridized carbons (Fsp3) is 0.125. The summed E-state index contributed by atoms with van der Waals surface area (Å²) < 4.78 is 11.1. The van der Waals surface area contributed by atoms with Gasteiger partial charge in [-0.1, -0.05) is 35.9 Å². The minimum Gasteiger partial charge on any atom is -0.497 e. The highest BCUT2D eigenvalue weighted by Gasteiger charge is 2.18. The Labute approximate surface area is 127 Å². The quantitative estimate of drug-likeness (QED) is 0.570. The van der Waals surface area contributed by atoms with E-state index in [0.29, 0.717) is 16.4 Å². The number of hydrogen-bond acceptors (Lipinski definition) is 4. The third-order valence-electron chi connectivity index (χ3n) is 3.39. The molecule has 108 valence electrons. The van der Waals surface area contributed by atoms with Gasteiger partial charge in [-0.15, -0.1) is 0 Å². The summed E-state index contributed by atoms with van der Waals surface area (Å²) in [6.45, 7) is 0. The van der Waals surface area contributed by atoms with Gasteiger partial charge in [-0.25, -0.2) is 5.43 Å². The molecule has 1 aromatic heterocycles. The summed E-state index contributed by atoms with van der Waals surface area (Å²) in [7, 11) is 1.63. The van der Waals surface area contributed by atoms with Gasteiger partial charge in [0.05, 0.1) is 12.1 Å². The second kappa shape index (κ2) is 5.77. The van der Waals surface area contributed by atoms with Crippen molar-refractivity contribution in [2.45, 2.75) is 6.04 Å². The van der Waals surface area contributed by atoms with Crippen molar-refractivity contribution in [1.29, 1.82) is 0 Å². The van der Waals surface area contributed by atoms with E-state index in [4.69, 9.17) is 26.6 Å². The van der Waals surface area contributed by atoms with Gasteiger partial charge in [-0.3, -0.25) is 5.84 Å². The van der Waals surface area contributed by atoms with Crippen molar-refractivity contribution < 1.29 is 9.15 Å². The van der Waals surface area contributed by atoms with Crippen LogP contribution in [0.1, 0.15) is 17.4 Å². The van der Waals surface area contributed by atoms with Crippen LogP contribution in [0.25, 0.3) is 11.0 Å². The summed E-state index contributed by atoms with van der Waals surface area (Å²) in [6.07, 6.45) is 0. The molecule has 0 saturated heterocycles. The van der Waals surface area contributed by atoms with Crippen molar-refractivity contribution in [3.63, 3.8) is 0 Å². The van der Waals surface area contributed by atoms with Crippen molar-refractivity contribution >= 4 is 22.6 Å². The maximum Gasteiger partial charge on any atom is 0.152 e. The lowest BCUT2D eigenvalue weighted by molar-refractivity contribution is 0.412. The van der Waals surface area contributed by atoms with E-state index in [-0.39, 0.29) is 6.04 Å². The minimum atomic E-state index is -0.274. The van der Waals surface area contributed by atoms with Gasteiger partial charge in [0.2, 0.25) is 0 Å². The molecule has 0 aliphatic rings. The van der Waals surface area contributed by atoms with Crippen molar-refractivity contribution in [2.75, 3.05) is 7.11 Å². The largest absolute Gasteiger partial charge is 0.497 e. The van der Waals surface area contributed by atoms with Crippen molar-refractivity contribution in [3.05, 3.63) is 64.9 Å². The zero-order chi connectivity index (χ0) is 14.8. The molecular formula is C16H15ClN2O2. The van der Waals surface area contributed by atoms with Gasteiger partial charge >= 0.3 is 0 Å². The maximum atomic E-state index is 6.15. The number of methoxy groups -OCH3 is 1. The van der Waals surface area contributed by atoms with Crippen LogP contribution >= 0.6 is 11.6 Å². The molecule has 0 saturated carbocycles. The Bertz CT molecular complexity index is 770. The van der Waals surface area contributed by atoms with Crippen molar-refractivity contribution in [1.82, 2.24) is 5.43 Å². The summed E-state index contributed by atoms with van der Waals surface area (Å²) in [4.78, 5) is 0. The van der Waals surface area contributed by atoms with E-state index in [1.54, 1.807) is 13.2 Å². The minimum absolute atomic E-state index is 0.274. The molecule has 3 rings (SSSR count). The van der Waals surface area contributed by atoms with Gasteiger partial charge in [0, 0.05) is 5.39 Å². The first-order valence-electron chi connectivity index (χ1n) is 6.51. The van der Waals surface area contributed by atoms with Crippen LogP contribution in [0.3, 0.4) is 0 Å². The Kier molecular flexibility index (Phi) is 3.84. The predicted molar refractivity (Wildman–Crippen MR) is 83.4 cm³/mol. The summed E-state index contributed by atoms with van der Waals surface area (Å²) >= 11 is 6.15. The van der Waals surface area contributed by atoms with E-state index in [2.05, 4.69) is 5.43 Å². The lowest BCUT2D eigenvalue weighted by atomic mass is 10.0. The Balaban J connectivity index is 2.07. The van der Waals surface area contributed by atoms with E-state index in [0.717, 1.165) is 16.7 Å². The molecular weight excluding hydrogens is 288 g/mol. The SMILES string of the molecule is COc1cccc(C(NN)c2cc3cccc(Cl)c3o2)c1. The molecule has 0 amide bonds. The van der Waals surface area contributed by atoms with Gasteiger partial charge in [0.1, 0.15) is 17.6 Å². The molecule has 4 nitrogen and oxygen atoms in total. The van der Waals surface area contributed by atoms with Gasteiger partial charge in [-0.2, -0.15) is 0 Å². The first kappa shape index (κ1) is 13.9. The molecule has 0 aliphatic carbocycles. The topological polar surface area (TPSA) is 60.4 Å². The highest BCUT2D eigenvalue weighted by Crippen LogP contribution is 2.32. The zero-order valence-corrected chi connectivity index (χ0v) is 12.2. The standard InChI is InChI=1S/C16H15ClN2O2/c1-20-12-6-2-4-10(8-12)15(19-18)14-9-11-5-3-7-13(17)16(11)21-14/h2-9,15,19H,18H2,1H3. The zero-order valence-electron chi connectivity index (χ0n) is 11.5. The number of hydrogen-bond donors (Lipinski definition) is 2. The van der Waals surface area contributed by atoms with E-state index in [1.807, 2.05) is 42.5 Å². The first-order valence-corrected chi connectivity index (χ1v) is 6.89. The number of hydrazine groups is 1. The molecule has 0 aliphatic heterocycles. The van der Waals surface area contributed by atoms with E-state index >= 15 is 0 Å². The molecule has 1 unspecified atom stereocenters. The third kappa shape index (κ3) is 2.61. The maximum absolute atomic E-state index is 6.15. The van der Waals surface area contributed by atoms with Crippen molar-refractivity contribution in [2.24, 2.45) is 5.84 Å². The Morgan fingerprint density at radius 1 is 1.19 bits per heavy atom. The van der Waals surface area contributed by atoms with Crippen LogP contribution < -0.4 is 16.0 Å². The Morgan fingerprint density at radius 2 is 2.00 bits per heavy atom. The van der Waals surface area contributed by atoms with Crippen LogP contribution in [0.2, 0.25) is 5.02 Å². The number of furan rings is 1. The fourth-order valence-electron chi connectivity index (χ4n) is 2.35. The highest BCUT2D eigenvalue weighted by atomic mass is 35.5. The molecule has 3 aromatic rings. The summed E-state index contributed by atoms with van der Waals surface area (Å²) in [6, 6.07) is 15.0. The molecule has 21 heavy (non-hydrogen) atoms. The summed E-state index contributed by atoms with van der Waals surface area (Å²) in [5.41, 5.74) is 4.39. The summed E-state index contributed by atoms with van der Waals surface area (Å²) in [5, 5.41) is 1.53. The van der Waals surface area contributed by atoms with Crippen LogP contribution in [0.15, 0.2) is 52.9 Å². The second-order valence-electron chi connectivity index (χ2n) is 4.68. The lowest BCUT2D eigenvalue weighted by Gasteiger charge is -2.14. The molecule has 0 radical (unpaired) electrons. The van der Waals surface area contributed by atoms with E-state index in [1.165, 1.54) is 0 Å². The number of ether oxygens (including phenoxy) is 1. The molecule has 3 N–H and O–H groups in total. The number of para-hydroxylation sites is 1. The fourth-order valence-corrected chi connectivity index (χ4v) is 2.57. The van der Waals surface area contributed by atoms with Gasteiger partial charge < -0.3 is 9.15 Å². The van der Waals surface area contributed by atoms with Gasteiger partial charge in [0.15, 0.2) is 5.58 Å². The van der Waals surface area contributed by atoms with Crippen LogP contribution in [0.5, 0.6) is 5.75 Å². The van der Waals surface area contributed by atoms with E-state index < -0.39 is 0 Å². The smallest absolute Gasteiger partial charge is 0.152 e. The van der Waals surface area contributed by atoms with Gasteiger partial charge in [-0.05, 0) is 29.8 Å². The normalized spacial score (nSPS) is 12.5. The number of fused-ring (bicyclic) bond motifs is 1. The van der Waals surface area contributed by atoms with Crippen molar-refractivity contribution in [3.8, 4) is 5.75 Å². The molecule has 1 heterocycles. The van der Waals surface area contributed by atoms with E-state index in [9.17, 15) is 0 Å². The number of benzene rings is 2.